The van der Waals surface area contributed by atoms with Gasteiger partial charge >= 0.3 is 0 Å². The van der Waals surface area contributed by atoms with Crippen LogP contribution in [0.25, 0.3) is 0 Å². The molecule has 1 aliphatic carbocycles. The molecule has 2 aromatic rings. The highest BCUT2D eigenvalue weighted by atomic mass is 16.3. The van der Waals surface area contributed by atoms with Gasteiger partial charge in [-0.2, -0.15) is 0 Å². The second-order valence-corrected chi connectivity index (χ2v) is 5.50. The maximum atomic E-state index is 12.1. The molecule has 0 unspecified atom stereocenters. The number of benzene rings is 2. The molecule has 1 amide bonds. The molecule has 1 aliphatic rings. The number of carbonyl (C=O) groups excluding carboxylic acids is 1. The van der Waals surface area contributed by atoms with Gasteiger partial charge in [0.2, 0.25) is 5.91 Å². The molecule has 21 heavy (non-hydrogen) atoms. The Morgan fingerprint density at radius 2 is 1.81 bits per heavy atom. The van der Waals surface area contributed by atoms with E-state index in [0.717, 1.165) is 23.1 Å². The smallest absolute Gasteiger partial charge is 0.220 e. The zero-order valence-electron chi connectivity index (χ0n) is 11.8. The van der Waals surface area contributed by atoms with Gasteiger partial charge in [0, 0.05) is 12.8 Å². The molecule has 0 spiro atoms. The van der Waals surface area contributed by atoms with Gasteiger partial charge in [0.05, 0.1) is 12.1 Å². The average Bonchev–Trinajstić information content (AvgIpc) is 2.82. The lowest BCUT2D eigenvalue weighted by Crippen LogP contribution is -2.33. The number of aryl methyl sites for hydroxylation is 1. The molecule has 2 aromatic carbocycles. The number of rotatable bonds is 4. The monoisotopic (exact) mass is 281 g/mol. The highest BCUT2D eigenvalue weighted by molar-refractivity contribution is 5.77. The van der Waals surface area contributed by atoms with Crippen LogP contribution in [-0.2, 0) is 17.6 Å². The topological polar surface area (TPSA) is 49.3 Å². The van der Waals surface area contributed by atoms with Gasteiger partial charge in [0.15, 0.2) is 0 Å². The third-order valence-electron chi connectivity index (χ3n) is 4.00. The van der Waals surface area contributed by atoms with Crippen LogP contribution < -0.4 is 5.32 Å². The molecule has 3 rings (SSSR count). The van der Waals surface area contributed by atoms with Gasteiger partial charge < -0.3 is 10.4 Å². The van der Waals surface area contributed by atoms with Gasteiger partial charge in [0.1, 0.15) is 0 Å². The molecular weight excluding hydrogens is 262 g/mol. The van der Waals surface area contributed by atoms with E-state index in [9.17, 15) is 9.90 Å². The van der Waals surface area contributed by atoms with Gasteiger partial charge in [-0.3, -0.25) is 4.79 Å². The van der Waals surface area contributed by atoms with Gasteiger partial charge in [-0.1, -0.05) is 54.6 Å². The third-order valence-corrected chi connectivity index (χ3v) is 4.00. The van der Waals surface area contributed by atoms with Crippen LogP contribution in [-0.4, -0.2) is 17.1 Å². The fourth-order valence-corrected chi connectivity index (χ4v) is 2.90. The highest BCUT2D eigenvalue weighted by Crippen LogP contribution is 2.31. The van der Waals surface area contributed by atoms with Crippen molar-refractivity contribution < 1.29 is 9.90 Å². The Labute approximate surface area is 124 Å². The quantitative estimate of drug-likeness (QED) is 0.904. The molecule has 0 fully saturated rings. The minimum absolute atomic E-state index is 0.0143. The summed E-state index contributed by atoms with van der Waals surface area (Å²) in [5.74, 6) is -0.0143. The maximum absolute atomic E-state index is 12.1. The Morgan fingerprint density at radius 1 is 1.10 bits per heavy atom. The zero-order chi connectivity index (χ0) is 14.7. The van der Waals surface area contributed by atoms with E-state index in [0.29, 0.717) is 12.8 Å². The molecule has 3 heteroatoms. The van der Waals surface area contributed by atoms with Gasteiger partial charge in [-0.15, -0.1) is 0 Å². The van der Waals surface area contributed by atoms with Crippen molar-refractivity contribution in [3.05, 3.63) is 71.3 Å². The first-order valence-corrected chi connectivity index (χ1v) is 7.33. The van der Waals surface area contributed by atoms with E-state index in [4.69, 9.17) is 0 Å². The van der Waals surface area contributed by atoms with Crippen molar-refractivity contribution >= 4 is 5.91 Å². The molecule has 0 heterocycles. The lowest BCUT2D eigenvalue weighted by Gasteiger charge is -2.18. The molecular formula is C18H19NO2. The van der Waals surface area contributed by atoms with Crippen LogP contribution in [0.15, 0.2) is 54.6 Å². The molecule has 3 nitrogen and oxygen atoms in total. The zero-order valence-corrected chi connectivity index (χ0v) is 11.8. The minimum Gasteiger partial charge on any atom is -0.390 e. The molecule has 2 N–H and O–H groups in total. The van der Waals surface area contributed by atoms with E-state index >= 15 is 0 Å². The summed E-state index contributed by atoms with van der Waals surface area (Å²) in [6, 6.07) is 17.6. The second-order valence-electron chi connectivity index (χ2n) is 5.50. The molecule has 0 saturated carbocycles. The summed E-state index contributed by atoms with van der Waals surface area (Å²) in [4.78, 5) is 12.1. The van der Waals surface area contributed by atoms with Crippen molar-refractivity contribution in [2.75, 3.05) is 0 Å². The SMILES string of the molecule is O=C(CCc1ccccc1)N[C@@H]1c2ccccc2C[C@@H]1O. The predicted molar refractivity (Wildman–Crippen MR) is 81.8 cm³/mol. The molecule has 0 aromatic heterocycles. The van der Waals surface area contributed by atoms with Crippen molar-refractivity contribution in [3.8, 4) is 0 Å². The van der Waals surface area contributed by atoms with Crippen LogP contribution in [0.5, 0.6) is 0 Å². The summed E-state index contributed by atoms with van der Waals surface area (Å²) in [7, 11) is 0. The molecule has 0 radical (unpaired) electrons. The lowest BCUT2D eigenvalue weighted by atomic mass is 10.1. The van der Waals surface area contributed by atoms with Crippen molar-refractivity contribution in [1.82, 2.24) is 5.32 Å². The Hall–Kier alpha value is -2.13. The average molecular weight is 281 g/mol. The van der Waals surface area contributed by atoms with Gasteiger partial charge in [0.25, 0.3) is 0 Å². The first-order valence-electron chi connectivity index (χ1n) is 7.33. The number of nitrogens with one attached hydrogen (secondary N) is 1. The van der Waals surface area contributed by atoms with Gasteiger partial charge in [-0.25, -0.2) is 0 Å². The minimum atomic E-state index is -0.525. The summed E-state index contributed by atoms with van der Waals surface area (Å²) in [6.07, 6.45) is 1.25. The summed E-state index contributed by atoms with van der Waals surface area (Å²) in [5, 5.41) is 13.1. The molecule has 108 valence electrons. The molecule has 0 bridgehead atoms. The Balaban J connectivity index is 1.60. The summed E-state index contributed by atoms with van der Waals surface area (Å²) >= 11 is 0. The van der Waals surface area contributed by atoms with Crippen molar-refractivity contribution in [2.45, 2.75) is 31.4 Å². The predicted octanol–water partition coefficient (Wildman–Crippen LogP) is 2.39. The van der Waals surface area contributed by atoms with Crippen LogP contribution in [0.2, 0.25) is 0 Å². The Kier molecular flexibility index (Phi) is 4.02. The largest absolute Gasteiger partial charge is 0.390 e. The number of aliphatic hydroxyl groups excluding tert-OH is 1. The van der Waals surface area contributed by atoms with E-state index in [1.807, 2.05) is 54.6 Å². The Bertz CT molecular complexity index is 624. The van der Waals surface area contributed by atoms with E-state index in [1.54, 1.807) is 0 Å². The van der Waals surface area contributed by atoms with Crippen LogP contribution in [0, 0.1) is 0 Å². The number of aliphatic hydroxyl groups is 1. The first-order chi connectivity index (χ1) is 10.2. The standard InChI is InChI=1S/C18H19NO2/c20-16-12-14-8-4-5-9-15(14)18(16)19-17(21)11-10-13-6-2-1-3-7-13/h1-9,16,18,20H,10-12H2,(H,19,21)/t16-,18+/m0/s1. The van der Waals surface area contributed by atoms with Crippen molar-refractivity contribution in [3.63, 3.8) is 0 Å². The molecule has 0 aliphatic heterocycles. The normalized spacial score (nSPS) is 20.0. The number of carbonyl (C=O) groups is 1. The first kappa shape index (κ1) is 13.8. The van der Waals surface area contributed by atoms with Crippen LogP contribution >= 0.6 is 0 Å². The Morgan fingerprint density at radius 3 is 2.62 bits per heavy atom. The van der Waals surface area contributed by atoms with E-state index in [-0.39, 0.29) is 11.9 Å². The highest BCUT2D eigenvalue weighted by Gasteiger charge is 2.31. The number of fused-ring (bicyclic) bond motifs is 1. The fourth-order valence-electron chi connectivity index (χ4n) is 2.90. The summed E-state index contributed by atoms with van der Waals surface area (Å²) in [5.41, 5.74) is 3.32. The fraction of sp³-hybridized carbons (Fsp3) is 0.278. The number of hydrogen-bond acceptors (Lipinski definition) is 2. The maximum Gasteiger partial charge on any atom is 0.220 e. The second kappa shape index (κ2) is 6.10. The van der Waals surface area contributed by atoms with Crippen LogP contribution in [0.4, 0.5) is 0 Å². The third kappa shape index (κ3) is 3.14. The number of hydrogen-bond donors (Lipinski definition) is 2. The van der Waals surface area contributed by atoms with E-state index in [2.05, 4.69) is 5.32 Å². The summed E-state index contributed by atoms with van der Waals surface area (Å²) in [6.45, 7) is 0. The van der Waals surface area contributed by atoms with Crippen molar-refractivity contribution in [2.24, 2.45) is 0 Å². The molecule has 2 atom stereocenters. The van der Waals surface area contributed by atoms with Crippen LogP contribution in [0.3, 0.4) is 0 Å². The molecule has 0 saturated heterocycles. The van der Waals surface area contributed by atoms with E-state index in [1.165, 1.54) is 0 Å². The van der Waals surface area contributed by atoms with Crippen LogP contribution in [0.1, 0.15) is 29.2 Å². The van der Waals surface area contributed by atoms with E-state index < -0.39 is 6.10 Å². The lowest BCUT2D eigenvalue weighted by molar-refractivity contribution is -0.122. The number of amides is 1. The van der Waals surface area contributed by atoms with Crippen molar-refractivity contribution in [1.29, 1.82) is 0 Å². The van der Waals surface area contributed by atoms with Gasteiger partial charge in [-0.05, 0) is 23.1 Å². The summed E-state index contributed by atoms with van der Waals surface area (Å²) < 4.78 is 0.